The van der Waals surface area contributed by atoms with Gasteiger partial charge in [0.05, 0.1) is 13.2 Å². The predicted octanol–water partition coefficient (Wildman–Crippen LogP) is 0.735. The number of benzene rings is 1. The molecule has 0 bridgehead atoms. The lowest BCUT2D eigenvalue weighted by molar-refractivity contribution is -0.128. The molecule has 1 aromatic heterocycles. The summed E-state index contributed by atoms with van der Waals surface area (Å²) >= 11 is 0. The summed E-state index contributed by atoms with van der Waals surface area (Å²) in [5.74, 6) is -0.582. The molecule has 0 aliphatic rings. The zero-order chi connectivity index (χ0) is 20.7. The number of aromatic nitrogens is 2. The van der Waals surface area contributed by atoms with Gasteiger partial charge in [0, 0.05) is 13.2 Å². The summed E-state index contributed by atoms with van der Waals surface area (Å²) in [5, 5.41) is 3.95. The summed E-state index contributed by atoms with van der Waals surface area (Å²) in [5.41, 5.74) is 6.18. The smallest absolute Gasteiger partial charge is 0.290 e. The topological polar surface area (TPSA) is 112 Å². The molecule has 150 valence electrons. The summed E-state index contributed by atoms with van der Waals surface area (Å²) in [6.45, 7) is 5.92. The van der Waals surface area contributed by atoms with Gasteiger partial charge in [-0.1, -0.05) is 12.1 Å². The quantitative estimate of drug-likeness (QED) is 0.677. The lowest BCUT2D eigenvalue weighted by atomic mass is 10.1. The Hall–Kier alpha value is -3.20. The van der Waals surface area contributed by atoms with Crippen LogP contribution in [0.1, 0.15) is 28.5 Å². The van der Waals surface area contributed by atoms with E-state index in [0.29, 0.717) is 5.75 Å². The third-order valence-electron chi connectivity index (χ3n) is 4.13. The van der Waals surface area contributed by atoms with Crippen LogP contribution in [0.3, 0.4) is 0 Å². The van der Waals surface area contributed by atoms with Crippen LogP contribution in [0, 0.1) is 13.8 Å². The highest BCUT2D eigenvalue weighted by molar-refractivity contribution is 5.93. The lowest BCUT2D eigenvalue weighted by Crippen LogP contribution is -2.47. The van der Waals surface area contributed by atoms with Crippen LogP contribution in [0.5, 0.6) is 5.75 Å². The van der Waals surface area contributed by atoms with Crippen molar-refractivity contribution in [2.45, 2.75) is 33.4 Å². The minimum absolute atomic E-state index is 0.0147. The highest BCUT2D eigenvalue weighted by Crippen LogP contribution is 2.21. The molecule has 2 aromatic rings. The summed E-state index contributed by atoms with van der Waals surface area (Å²) in [4.78, 5) is 36.1. The van der Waals surface area contributed by atoms with Gasteiger partial charge in [-0.15, -0.1) is 0 Å². The zero-order valence-electron chi connectivity index (χ0n) is 16.3. The standard InChI is InChI=1S/C19H24N4O5/c1-12-6-5-7-16(13(12)2)28-14(3)18(25)20-21-19(26)15-8-9-17(24)23(22-15)10-11-27-4/h5-9,14H,10-11H2,1-4H3,(H,20,25)(H,21,26)/t14-/m1/s1. The molecule has 0 spiro atoms. The fraction of sp³-hybridized carbons (Fsp3) is 0.368. The van der Waals surface area contributed by atoms with Crippen LogP contribution in [-0.2, 0) is 16.1 Å². The van der Waals surface area contributed by atoms with Gasteiger partial charge in [-0.05, 0) is 44.0 Å². The molecule has 9 nitrogen and oxygen atoms in total. The van der Waals surface area contributed by atoms with Crippen molar-refractivity contribution in [3.63, 3.8) is 0 Å². The van der Waals surface area contributed by atoms with Crippen LogP contribution in [0.15, 0.2) is 35.1 Å². The number of amides is 2. The largest absolute Gasteiger partial charge is 0.481 e. The minimum atomic E-state index is -0.829. The Bertz CT molecular complexity index is 909. The fourth-order valence-electron chi connectivity index (χ4n) is 2.29. The molecular weight excluding hydrogens is 364 g/mol. The molecule has 0 saturated carbocycles. The van der Waals surface area contributed by atoms with Gasteiger partial charge in [-0.2, -0.15) is 5.10 Å². The van der Waals surface area contributed by atoms with E-state index in [9.17, 15) is 14.4 Å². The van der Waals surface area contributed by atoms with Crippen LogP contribution < -0.4 is 21.1 Å². The lowest BCUT2D eigenvalue weighted by Gasteiger charge is -2.17. The number of methoxy groups -OCH3 is 1. The number of rotatable bonds is 7. The molecule has 1 atom stereocenters. The number of carbonyl (C=O) groups is 2. The van der Waals surface area contributed by atoms with Crippen molar-refractivity contribution in [1.29, 1.82) is 0 Å². The molecular formula is C19H24N4O5. The van der Waals surface area contributed by atoms with Crippen molar-refractivity contribution in [2.75, 3.05) is 13.7 Å². The van der Waals surface area contributed by atoms with Crippen LogP contribution in [-0.4, -0.2) is 41.4 Å². The number of aryl methyl sites for hydroxylation is 1. The Morgan fingerprint density at radius 3 is 2.64 bits per heavy atom. The molecule has 0 aliphatic heterocycles. The summed E-state index contributed by atoms with van der Waals surface area (Å²) in [6, 6.07) is 8.08. The maximum atomic E-state index is 12.2. The Labute approximate surface area is 162 Å². The molecule has 1 heterocycles. The van der Waals surface area contributed by atoms with Gasteiger partial charge in [-0.25, -0.2) is 4.68 Å². The molecule has 1 aromatic carbocycles. The van der Waals surface area contributed by atoms with Gasteiger partial charge in [-0.3, -0.25) is 25.2 Å². The molecule has 0 saturated heterocycles. The van der Waals surface area contributed by atoms with E-state index >= 15 is 0 Å². The van der Waals surface area contributed by atoms with Gasteiger partial charge < -0.3 is 9.47 Å². The number of carbonyl (C=O) groups excluding carboxylic acids is 2. The SMILES string of the molecule is COCCn1nc(C(=O)NNC(=O)[C@@H](C)Oc2cccc(C)c2C)ccc1=O. The highest BCUT2D eigenvalue weighted by atomic mass is 16.5. The first kappa shape index (κ1) is 21.1. The number of hydrogen-bond donors (Lipinski definition) is 2. The van der Waals surface area contributed by atoms with E-state index in [1.165, 1.54) is 19.2 Å². The third-order valence-corrected chi connectivity index (χ3v) is 4.13. The average Bonchev–Trinajstić information content (AvgIpc) is 2.68. The van der Waals surface area contributed by atoms with Crippen molar-refractivity contribution in [3.8, 4) is 5.75 Å². The van der Waals surface area contributed by atoms with Crippen LogP contribution in [0.25, 0.3) is 0 Å². The van der Waals surface area contributed by atoms with Crippen LogP contribution in [0.2, 0.25) is 0 Å². The van der Waals surface area contributed by atoms with E-state index < -0.39 is 17.9 Å². The second-order valence-electron chi connectivity index (χ2n) is 6.17. The monoisotopic (exact) mass is 388 g/mol. The Kier molecular flexibility index (Phi) is 7.28. The molecule has 2 N–H and O–H groups in total. The first-order valence-electron chi connectivity index (χ1n) is 8.73. The van der Waals surface area contributed by atoms with Crippen molar-refractivity contribution in [3.05, 3.63) is 57.5 Å². The molecule has 2 amide bonds. The molecule has 0 unspecified atom stereocenters. The van der Waals surface area contributed by atoms with Crippen molar-refractivity contribution in [2.24, 2.45) is 0 Å². The van der Waals surface area contributed by atoms with Gasteiger partial charge in [0.15, 0.2) is 11.8 Å². The molecule has 0 fully saturated rings. The maximum Gasteiger partial charge on any atom is 0.290 e. The first-order chi connectivity index (χ1) is 13.3. The number of nitrogens with one attached hydrogen (secondary N) is 2. The Morgan fingerprint density at radius 2 is 1.93 bits per heavy atom. The maximum absolute atomic E-state index is 12.2. The zero-order valence-corrected chi connectivity index (χ0v) is 16.3. The second kappa shape index (κ2) is 9.65. The average molecular weight is 388 g/mol. The molecule has 28 heavy (non-hydrogen) atoms. The molecule has 0 radical (unpaired) electrons. The van der Waals surface area contributed by atoms with Crippen LogP contribution >= 0.6 is 0 Å². The van der Waals surface area contributed by atoms with Gasteiger partial charge >= 0.3 is 0 Å². The van der Waals surface area contributed by atoms with Gasteiger partial charge in [0.2, 0.25) is 0 Å². The van der Waals surface area contributed by atoms with Crippen molar-refractivity contribution < 1.29 is 19.1 Å². The number of hydrogen-bond acceptors (Lipinski definition) is 6. The van der Waals surface area contributed by atoms with Gasteiger partial charge in [0.25, 0.3) is 17.4 Å². The van der Waals surface area contributed by atoms with E-state index in [0.717, 1.165) is 15.8 Å². The third kappa shape index (κ3) is 5.40. The second-order valence-corrected chi connectivity index (χ2v) is 6.17. The van der Waals surface area contributed by atoms with E-state index in [-0.39, 0.29) is 24.4 Å². The van der Waals surface area contributed by atoms with E-state index in [4.69, 9.17) is 9.47 Å². The highest BCUT2D eigenvalue weighted by Gasteiger charge is 2.18. The predicted molar refractivity (Wildman–Crippen MR) is 102 cm³/mol. The fourth-order valence-corrected chi connectivity index (χ4v) is 2.29. The Balaban J connectivity index is 1.95. The van der Waals surface area contributed by atoms with E-state index in [1.807, 2.05) is 26.0 Å². The minimum Gasteiger partial charge on any atom is -0.481 e. The number of nitrogens with zero attached hydrogens (tertiary/aromatic N) is 2. The van der Waals surface area contributed by atoms with Crippen molar-refractivity contribution in [1.82, 2.24) is 20.6 Å². The van der Waals surface area contributed by atoms with E-state index in [1.54, 1.807) is 13.0 Å². The molecule has 0 aliphatic carbocycles. The summed E-state index contributed by atoms with van der Waals surface area (Å²) in [7, 11) is 1.50. The first-order valence-corrected chi connectivity index (χ1v) is 8.73. The molecule has 2 rings (SSSR count). The van der Waals surface area contributed by atoms with E-state index in [2.05, 4.69) is 16.0 Å². The molecule has 9 heteroatoms. The normalized spacial score (nSPS) is 11.6. The van der Waals surface area contributed by atoms with Crippen LogP contribution in [0.4, 0.5) is 0 Å². The number of hydrazine groups is 1. The number of ether oxygens (including phenoxy) is 2. The van der Waals surface area contributed by atoms with Gasteiger partial charge in [0.1, 0.15) is 5.75 Å². The summed E-state index contributed by atoms with van der Waals surface area (Å²) < 4.78 is 11.7. The van der Waals surface area contributed by atoms with Crippen molar-refractivity contribution >= 4 is 11.8 Å². The Morgan fingerprint density at radius 1 is 1.18 bits per heavy atom. The summed E-state index contributed by atoms with van der Waals surface area (Å²) in [6.07, 6.45) is -0.829.